The summed E-state index contributed by atoms with van der Waals surface area (Å²) in [6.45, 7) is 1.33. The minimum atomic E-state index is -0.752. The monoisotopic (exact) mass is 412 g/mol. The van der Waals surface area contributed by atoms with Gasteiger partial charge in [0.25, 0.3) is 5.91 Å². The number of hydrogen-bond acceptors (Lipinski definition) is 4. The Labute approximate surface area is 175 Å². The summed E-state index contributed by atoms with van der Waals surface area (Å²) in [5.74, 6) is -0.726. The third kappa shape index (κ3) is 3.18. The summed E-state index contributed by atoms with van der Waals surface area (Å²) in [6, 6.07) is 8.85. The first-order valence-electron chi connectivity index (χ1n) is 10.0. The highest BCUT2D eigenvalue weighted by molar-refractivity contribution is 6.02. The Morgan fingerprint density at radius 3 is 2.30 bits per heavy atom. The van der Waals surface area contributed by atoms with Crippen molar-refractivity contribution in [3.63, 3.8) is 0 Å². The van der Waals surface area contributed by atoms with Crippen LogP contribution in [0.4, 0.5) is 4.39 Å². The smallest absolute Gasteiger partial charge is 0.254 e. The second kappa shape index (κ2) is 7.97. The van der Waals surface area contributed by atoms with Crippen LogP contribution in [0, 0.1) is 5.82 Å². The maximum atomic E-state index is 14.8. The zero-order valence-electron chi connectivity index (χ0n) is 17.4. The lowest BCUT2D eigenvalue weighted by Gasteiger charge is -2.41. The van der Waals surface area contributed by atoms with Gasteiger partial charge in [-0.1, -0.05) is 18.2 Å². The van der Waals surface area contributed by atoms with E-state index in [-0.39, 0.29) is 11.8 Å². The van der Waals surface area contributed by atoms with Gasteiger partial charge in [-0.2, -0.15) is 0 Å². The lowest BCUT2D eigenvalue weighted by molar-refractivity contribution is -0.133. The minimum absolute atomic E-state index is 0.103. The standard InChI is InChI=1S/C23H25FN2O4/c1-25-21(14-8-4-5-9-17(14)24)20(23(28)26-10-6-7-11-26)15-12-18(29-2)19(30-3)13-16(15)22(25)27/h4-5,8-9,12-13,20-21H,6-7,10-11H2,1-3H3/t20-,21+/m1/s1. The van der Waals surface area contributed by atoms with Gasteiger partial charge in [-0.05, 0) is 36.6 Å². The molecule has 2 heterocycles. The van der Waals surface area contributed by atoms with Crippen LogP contribution in [0.15, 0.2) is 36.4 Å². The molecule has 2 atom stereocenters. The summed E-state index contributed by atoms with van der Waals surface area (Å²) in [7, 11) is 4.62. The summed E-state index contributed by atoms with van der Waals surface area (Å²) in [4.78, 5) is 30.2. The third-order valence-corrected chi connectivity index (χ3v) is 6.08. The summed E-state index contributed by atoms with van der Waals surface area (Å²) in [6.07, 6.45) is 1.88. The van der Waals surface area contributed by atoms with Crippen molar-refractivity contribution in [3.05, 3.63) is 58.9 Å². The molecule has 2 aromatic carbocycles. The van der Waals surface area contributed by atoms with Crippen LogP contribution < -0.4 is 9.47 Å². The Balaban J connectivity index is 1.94. The number of methoxy groups -OCH3 is 2. The largest absolute Gasteiger partial charge is 0.493 e. The summed E-state index contributed by atoms with van der Waals surface area (Å²) < 4.78 is 25.6. The van der Waals surface area contributed by atoms with E-state index < -0.39 is 17.8 Å². The predicted octanol–water partition coefficient (Wildman–Crippen LogP) is 3.38. The van der Waals surface area contributed by atoms with Gasteiger partial charge in [0.1, 0.15) is 5.82 Å². The number of likely N-dealkylation sites (tertiary alicyclic amines) is 1. The van der Waals surface area contributed by atoms with E-state index in [1.54, 1.807) is 37.4 Å². The molecule has 30 heavy (non-hydrogen) atoms. The Morgan fingerprint density at radius 2 is 1.67 bits per heavy atom. The molecule has 0 aliphatic carbocycles. The van der Waals surface area contributed by atoms with Crippen molar-refractivity contribution in [2.24, 2.45) is 0 Å². The summed E-state index contributed by atoms with van der Waals surface area (Å²) >= 11 is 0. The van der Waals surface area contributed by atoms with Crippen LogP contribution >= 0.6 is 0 Å². The van der Waals surface area contributed by atoms with Crippen LogP contribution in [0.5, 0.6) is 11.5 Å². The normalized spacial score (nSPS) is 20.9. The van der Waals surface area contributed by atoms with Crippen LogP contribution in [-0.2, 0) is 4.79 Å². The van der Waals surface area contributed by atoms with Gasteiger partial charge in [0.15, 0.2) is 11.5 Å². The van der Waals surface area contributed by atoms with E-state index >= 15 is 0 Å². The van der Waals surface area contributed by atoms with E-state index in [2.05, 4.69) is 0 Å². The first-order chi connectivity index (χ1) is 14.5. The van der Waals surface area contributed by atoms with E-state index in [4.69, 9.17) is 9.47 Å². The Hall–Kier alpha value is -3.09. The SMILES string of the molecule is COc1cc2c(cc1OC)[C@@H](C(=O)N1CCCC1)[C@H](c1ccccc1F)N(C)C2=O. The Bertz CT molecular complexity index is 987. The molecule has 2 aliphatic rings. The molecule has 158 valence electrons. The number of amides is 2. The van der Waals surface area contributed by atoms with Gasteiger partial charge < -0.3 is 19.3 Å². The molecule has 7 heteroatoms. The van der Waals surface area contributed by atoms with E-state index in [1.165, 1.54) is 25.2 Å². The highest BCUT2D eigenvalue weighted by Gasteiger charge is 2.46. The second-order valence-electron chi connectivity index (χ2n) is 7.69. The van der Waals surface area contributed by atoms with Gasteiger partial charge in [-0.15, -0.1) is 0 Å². The molecule has 0 bridgehead atoms. The molecule has 2 amide bonds. The summed E-state index contributed by atoms with van der Waals surface area (Å²) in [5.41, 5.74) is 1.24. The Morgan fingerprint density at radius 1 is 1.03 bits per heavy atom. The number of carbonyl (C=O) groups is 2. The highest BCUT2D eigenvalue weighted by atomic mass is 19.1. The molecule has 2 aliphatic heterocycles. The zero-order valence-corrected chi connectivity index (χ0v) is 17.4. The zero-order chi connectivity index (χ0) is 21.4. The molecule has 0 spiro atoms. The van der Waals surface area contributed by atoms with E-state index in [1.807, 2.05) is 4.90 Å². The lowest BCUT2D eigenvalue weighted by Crippen LogP contribution is -2.46. The first-order valence-corrected chi connectivity index (χ1v) is 10.0. The molecule has 0 unspecified atom stereocenters. The molecular formula is C23H25FN2O4. The third-order valence-electron chi connectivity index (χ3n) is 6.08. The predicted molar refractivity (Wildman–Crippen MR) is 109 cm³/mol. The molecule has 0 saturated carbocycles. The molecular weight excluding hydrogens is 387 g/mol. The van der Waals surface area contributed by atoms with Crippen molar-refractivity contribution < 1.29 is 23.5 Å². The van der Waals surface area contributed by atoms with Gasteiger partial charge in [-0.3, -0.25) is 9.59 Å². The van der Waals surface area contributed by atoms with Crippen LogP contribution in [0.2, 0.25) is 0 Å². The number of likely N-dealkylation sites (N-methyl/N-ethyl adjacent to an activating group) is 1. The molecule has 1 saturated heterocycles. The van der Waals surface area contributed by atoms with Gasteiger partial charge in [0.05, 0.1) is 26.2 Å². The first kappa shape index (κ1) is 20.2. The number of rotatable bonds is 4. The van der Waals surface area contributed by atoms with Gasteiger partial charge in [0, 0.05) is 31.3 Å². The number of fused-ring (bicyclic) bond motifs is 1. The maximum absolute atomic E-state index is 14.8. The molecule has 2 aromatic rings. The van der Waals surface area contributed by atoms with Crippen molar-refractivity contribution in [2.45, 2.75) is 24.8 Å². The number of ether oxygens (including phenoxy) is 2. The van der Waals surface area contributed by atoms with Crippen molar-refractivity contribution in [1.29, 1.82) is 0 Å². The second-order valence-corrected chi connectivity index (χ2v) is 7.69. The minimum Gasteiger partial charge on any atom is -0.493 e. The molecule has 4 rings (SSSR count). The number of benzene rings is 2. The van der Waals surface area contributed by atoms with Crippen molar-refractivity contribution in [2.75, 3.05) is 34.4 Å². The number of hydrogen-bond donors (Lipinski definition) is 0. The van der Waals surface area contributed by atoms with Crippen LogP contribution in [0.3, 0.4) is 0 Å². The van der Waals surface area contributed by atoms with E-state index in [9.17, 15) is 14.0 Å². The average Bonchev–Trinajstić information content (AvgIpc) is 3.30. The molecule has 0 N–H and O–H groups in total. The fourth-order valence-corrected chi connectivity index (χ4v) is 4.55. The van der Waals surface area contributed by atoms with E-state index in [0.717, 1.165) is 12.8 Å². The number of nitrogens with zero attached hydrogens (tertiary/aromatic N) is 2. The molecule has 6 nitrogen and oxygen atoms in total. The lowest BCUT2D eigenvalue weighted by atomic mass is 9.78. The fraction of sp³-hybridized carbons (Fsp3) is 0.391. The van der Waals surface area contributed by atoms with Crippen LogP contribution in [-0.4, -0.2) is 56.0 Å². The van der Waals surface area contributed by atoms with Crippen LogP contribution in [0.25, 0.3) is 0 Å². The van der Waals surface area contributed by atoms with Crippen molar-refractivity contribution >= 4 is 11.8 Å². The molecule has 0 radical (unpaired) electrons. The topological polar surface area (TPSA) is 59.1 Å². The molecule has 0 aromatic heterocycles. The van der Waals surface area contributed by atoms with Crippen molar-refractivity contribution in [3.8, 4) is 11.5 Å². The maximum Gasteiger partial charge on any atom is 0.254 e. The quantitative estimate of drug-likeness (QED) is 0.773. The van der Waals surface area contributed by atoms with Gasteiger partial charge in [0.2, 0.25) is 5.91 Å². The fourth-order valence-electron chi connectivity index (χ4n) is 4.55. The van der Waals surface area contributed by atoms with Gasteiger partial charge >= 0.3 is 0 Å². The number of halogens is 1. The Kier molecular flexibility index (Phi) is 5.37. The molecule has 1 fully saturated rings. The summed E-state index contributed by atoms with van der Waals surface area (Å²) in [5, 5.41) is 0. The van der Waals surface area contributed by atoms with Gasteiger partial charge in [-0.25, -0.2) is 4.39 Å². The van der Waals surface area contributed by atoms with Crippen LogP contribution in [0.1, 0.15) is 46.3 Å². The number of carbonyl (C=O) groups excluding carboxylic acids is 2. The van der Waals surface area contributed by atoms with Crippen molar-refractivity contribution in [1.82, 2.24) is 9.80 Å². The van der Waals surface area contributed by atoms with E-state index in [0.29, 0.717) is 41.3 Å². The highest BCUT2D eigenvalue weighted by Crippen LogP contribution is 2.47. The average molecular weight is 412 g/mol.